The third kappa shape index (κ3) is 4.01. The minimum Gasteiger partial charge on any atom is -0.495 e. The van der Waals surface area contributed by atoms with Crippen LogP contribution in [0.4, 0.5) is 18.9 Å². The van der Waals surface area contributed by atoms with Gasteiger partial charge in [0.25, 0.3) is 0 Å². The van der Waals surface area contributed by atoms with Crippen LogP contribution in [-0.4, -0.2) is 39.6 Å². The largest absolute Gasteiger partial charge is 0.495 e. The van der Waals surface area contributed by atoms with Crippen LogP contribution >= 0.6 is 0 Å². The van der Waals surface area contributed by atoms with E-state index < -0.39 is 29.2 Å². The first-order valence-electron chi connectivity index (χ1n) is 5.54. The van der Waals surface area contributed by atoms with Gasteiger partial charge in [0.2, 0.25) is 10.0 Å². The molecule has 1 rings (SSSR count). The Balaban J connectivity index is 2.96. The molecule has 0 aliphatic rings. The monoisotopic (exact) mass is 312 g/mol. The van der Waals surface area contributed by atoms with Gasteiger partial charge in [-0.15, -0.1) is 0 Å². The van der Waals surface area contributed by atoms with Crippen molar-refractivity contribution in [3.05, 3.63) is 18.2 Å². The van der Waals surface area contributed by atoms with Crippen molar-refractivity contribution in [3.63, 3.8) is 0 Å². The lowest BCUT2D eigenvalue weighted by atomic mass is 10.3. The van der Waals surface area contributed by atoms with Crippen molar-refractivity contribution in [2.45, 2.75) is 17.5 Å². The number of ether oxygens (including phenoxy) is 1. The summed E-state index contributed by atoms with van der Waals surface area (Å²) in [5.41, 5.74) is 5.68. The smallest absolute Gasteiger partial charge is 0.390 e. The van der Waals surface area contributed by atoms with Gasteiger partial charge in [-0.05, 0) is 18.2 Å². The van der Waals surface area contributed by atoms with Crippen LogP contribution in [0.1, 0.15) is 6.42 Å². The number of hydrogen-bond donors (Lipinski definition) is 1. The van der Waals surface area contributed by atoms with Crippen molar-refractivity contribution in [2.75, 3.05) is 26.4 Å². The second kappa shape index (κ2) is 5.88. The molecular formula is C11H15F3N2O3S. The molecule has 1 aromatic rings. The molecule has 2 N–H and O–H groups in total. The molecule has 0 radical (unpaired) electrons. The van der Waals surface area contributed by atoms with E-state index in [4.69, 9.17) is 10.5 Å². The summed E-state index contributed by atoms with van der Waals surface area (Å²) < 4.78 is 66.0. The van der Waals surface area contributed by atoms with Crippen molar-refractivity contribution in [2.24, 2.45) is 0 Å². The molecule has 0 unspecified atom stereocenters. The highest BCUT2D eigenvalue weighted by Gasteiger charge is 2.30. The highest BCUT2D eigenvalue weighted by molar-refractivity contribution is 7.89. The molecule has 0 aliphatic carbocycles. The summed E-state index contributed by atoms with van der Waals surface area (Å²) in [6.07, 6.45) is -5.63. The molecular weight excluding hydrogens is 297 g/mol. The number of sulfonamides is 1. The maximum absolute atomic E-state index is 12.1. The van der Waals surface area contributed by atoms with E-state index in [1.54, 1.807) is 0 Å². The van der Waals surface area contributed by atoms with Gasteiger partial charge in [0, 0.05) is 13.6 Å². The number of nitrogens with zero attached hydrogens (tertiary/aromatic N) is 1. The summed E-state index contributed by atoms with van der Waals surface area (Å²) in [5.74, 6) is 0.293. The van der Waals surface area contributed by atoms with E-state index >= 15 is 0 Å². The summed E-state index contributed by atoms with van der Waals surface area (Å²) in [7, 11) is -1.56. The molecule has 0 spiro atoms. The van der Waals surface area contributed by atoms with Crippen molar-refractivity contribution in [1.29, 1.82) is 0 Å². The zero-order chi connectivity index (χ0) is 15.6. The van der Waals surface area contributed by atoms with Crippen molar-refractivity contribution in [3.8, 4) is 5.75 Å². The Hall–Kier alpha value is -1.48. The Labute approximate surface area is 115 Å². The number of anilines is 1. The van der Waals surface area contributed by atoms with Gasteiger partial charge in [0.05, 0.1) is 24.1 Å². The van der Waals surface area contributed by atoms with Crippen LogP contribution in [0.5, 0.6) is 5.75 Å². The molecule has 0 atom stereocenters. The molecule has 0 heterocycles. The molecule has 0 bridgehead atoms. The van der Waals surface area contributed by atoms with Crippen LogP contribution < -0.4 is 10.5 Å². The van der Waals surface area contributed by atoms with Crippen LogP contribution in [0.15, 0.2) is 23.1 Å². The predicted octanol–water partition coefficient (Wildman–Crippen LogP) is 1.85. The lowest BCUT2D eigenvalue weighted by Crippen LogP contribution is -2.30. The van der Waals surface area contributed by atoms with Crippen molar-refractivity contribution < 1.29 is 26.3 Å². The number of nitrogen functional groups attached to an aromatic ring is 1. The quantitative estimate of drug-likeness (QED) is 0.842. The number of rotatable bonds is 5. The number of benzene rings is 1. The third-order valence-corrected chi connectivity index (χ3v) is 4.47. The zero-order valence-electron chi connectivity index (χ0n) is 10.9. The standard InChI is InChI=1S/C11H15F3N2O3S/c1-16(6-5-11(12,13)14)20(17,18)8-3-4-10(19-2)9(15)7-8/h3-4,7H,5-6,15H2,1-2H3. The van der Waals surface area contributed by atoms with E-state index in [2.05, 4.69) is 0 Å². The highest BCUT2D eigenvalue weighted by atomic mass is 32.2. The van der Waals surface area contributed by atoms with Gasteiger partial charge in [0.15, 0.2) is 0 Å². The first kappa shape index (κ1) is 16.6. The fourth-order valence-electron chi connectivity index (χ4n) is 1.46. The average Bonchev–Trinajstić information content (AvgIpc) is 2.34. The van der Waals surface area contributed by atoms with E-state index in [1.165, 1.54) is 19.2 Å². The topological polar surface area (TPSA) is 72.6 Å². The van der Waals surface area contributed by atoms with Gasteiger partial charge in [-0.3, -0.25) is 0 Å². The molecule has 9 heteroatoms. The van der Waals surface area contributed by atoms with E-state index in [9.17, 15) is 21.6 Å². The molecule has 0 saturated heterocycles. The van der Waals surface area contributed by atoms with E-state index in [0.717, 1.165) is 13.1 Å². The number of halogens is 3. The summed E-state index contributed by atoms with van der Waals surface area (Å²) in [5, 5.41) is 0. The van der Waals surface area contributed by atoms with Gasteiger partial charge in [-0.2, -0.15) is 13.2 Å². The van der Waals surface area contributed by atoms with Crippen molar-refractivity contribution in [1.82, 2.24) is 4.31 Å². The molecule has 0 fully saturated rings. The Kier molecular flexibility index (Phi) is 4.87. The Morgan fingerprint density at radius 1 is 1.35 bits per heavy atom. The molecule has 0 aromatic heterocycles. The predicted molar refractivity (Wildman–Crippen MR) is 67.9 cm³/mol. The number of alkyl halides is 3. The molecule has 20 heavy (non-hydrogen) atoms. The maximum Gasteiger partial charge on any atom is 0.390 e. The summed E-state index contributed by atoms with van der Waals surface area (Å²) in [6, 6.07) is 3.73. The molecule has 0 amide bonds. The zero-order valence-corrected chi connectivity index (χ0v) is 11.8. The highest BCUT2D eigenvalue weighted by Crippen LogP contribution is 2.27. The van der Waals surface area contributed by atoms with Gasteiger partial charge >= 0.3 is 6.18 Å². The van der Waals surface area contributed by atoms with Gasteiger partial charge < -0.3 is 10.5 Å². The SMILES string of the molecule is COc1ccc(S(=O)(=O)N(C)CCC(F)(F)F)cc1N. The normalized spacial score (nSPS) is 12.7. The van der Waals surface area contributed by atoms with Gasteiger partial charge in [-0.25, -0.2) is 12.7 Å². The molecule has 1 aromatic carbocycles. The van der Waals surface area contributed by atoms with E-state index in [1.807, 2.05) is 0 Å². The minimum atomic E-state index is -4.41. The lowest BCUT2D eigenvalue weighted by Gasteiger charge is -2.18. The van der Waals surface area contributed by atoms with Crippen LogP contribution in [0, 0.1) is 0 Å². The lowest BCUT2D eigenvalue weighted by molar-refractivity contribution is -0.135. The number of hydrogen-bond acceptors (Lipinski definition) is 4. The molecule has 5 nitrogen and oxygen atoms in total. The van der Waals surface area contributed by atoms with Gasteiger partial charge in [0.1, 0.15) is 5.75 Å². The number of nitrogens with two attached hydrogens (primary N) is 1. The third-order valence-electron chi connectivity index (χ3n) is 2.62. The first-order chi connectivity index (χ1) is 9.08. The fraction of sp³-hybridized carbons (Fsp3) is 0.455. The van der Waals surface area contributed by atoms with Crippen LogP contribution in [0.25, 0.3) is 0 Å². The Morgan fingerprint density at radius 2 is 1.95 bits per heavy atom. The van der Waals surface area contributed by atoms with E-state index in [0.29, 0.717) is 10.1 Å². The number of methoxy groups -OCH3 is 1. The van der Waals surface area contributed by atoms with Crippen LogP contribution in [-0.2, 0) is 10.0 Å². The summed E-state index contributed by atoms with van der Waals surface area (Å²) in [6.45, 7) is -0.655. The second-order valence-corrected chi connectivity index (χ2v) is 6.14. The Bertz CT molecular complexity index is 573. The first-order valence-corrected chi connectivity index (χ1v) is 6.98. The molecule has 0 aliphatic heterocycles. The van der Waals surface area contributed by atoms with Crippen LogP contribution in [0.2, 0.25) is 0 Å². The van der Waals surface area contributed by atoms with Crippen LogP contribution in [0.3, 0.4) is 0 Å². The average molecular weight is 312 g/mol. The summed E-state index contributed by atoms with van der Waals surface area (Å²) in [4.78, 5) is -0.180. The molecule has 0 saturated carbocycles. The molecule has 114 valence electrons. The summed E-state index contributed by atoms with van der Waals surface area (Å²) >= 11 is 0. The van der Waals surface area contributed by atoms with Crippen molar-refractivity contribution >= 4 is 15.7 Å². The Morgan fingerprint density at radius 3 is 2.40 bits per heavy atom. The second-order valence-electron chi connectivity index (χ2n) is 4.10. The fourth-order valence-corrected chi connectivity index (χ4v) is 2.66. The van der Waals surface area contributed by atoms with Gasteiger partial charge in [-0.1, -0.05) is 0 Å². The minimum absolute atomic E-state index is 0.0952. The maximum atomic E-state index is 12.1. The van der Waals surface area contributed by atoms with E-state index in [-0.39, 0.29) is 10.6 Å².